The summed E-state index contributed by atoms with van der Waals surface area (Å²) >= 11 is 1.70. The third-order valence-corrected chi connectivity index (χ3v) is 1.56. The van der Waals surface area contributed by atoms with Crippen LogP contribution in [0.5, 0.6) is 0 Å². The zero-order valence-corrected chi connectivity index (χ0v) is 7.91. The van der Waals surface area contributed by atoms with E-state index < -0.39 is 0 Å². The van der Waals surface area contributed by atoms with Gasteiger partial charge in [0, 0.05) is 41.5 Å². The minimum absolute atomic E-state index is 0.0422. The molecule has 11 heavy (non-hydrogen) atoms. The predicted molar refractivity (Wildman–Crippen MR) is 50.5 cm³/mol. The lowest BCUT2D eigenvalue weighted by Gasteiger charge is -1.98. The van der Waals surface area contributed by atoms with Crippen LogP contribution < -0.4 is 5.32 Å². The Kier molecular flexibility index (Phi) is 3.28. The second-order valence-electron chi connectivity index (χ2n) is 1.98. The van der Waals surface area contributed by atoms with E-state index in [1.54, 1.807) is 35.0 Å². The van der Waals surface area contributed by atoms with E-state index in [1.165, 1.54) is 0 Å². The highest BCUT2D eigenvalue weighted by Crippen LogP contribution is 1.95. The van der Waals surface area contributed by atoms with Crippen molar-refractivity contribution in [2.45, 2.75) is 6.54 Å². The molecule has 0 saturated heterocycles. The molecule has 0 aliphatic carbocycles. The molecule has 0 atom stereocenters. The van der Waals surface area contributed by atoms with Gasteiger partial charge in [0.15, 0.2) is 0 Å². The Morgan fingerprint density at radius 3 is 2.73 bits per heavy atom. The van der Waals surface area contributed by atoms with Gasteiger partial charge in [0.25, 0.3) is 3.91 Å². The van der Waals surface area contributed by atoms with E-state index in [9.17, 15) is 4.79 Å². The molecular weight excluding hydrogens is 255 g/mol. The van der Waals surface area contributed by atoms with E-state index in [4.69, 9.17) is 0 Å². The second kappa shape index (κ2) is 4.27. The van der Waals surface area contributed by atoms with Crippen molar-refractivity contribution in [1.82, 2.24) is 10.3 Å². The molecular formula is C7H7IN2O. The summed E-state index contributed by atoms with van der Waals surface area (Å²) in [7, 11) is 0. The van der Waals surface area contributed by atoms with Gasteiger partial charge in [-0.2, -0.15) is 0 Å². The summed E-state index contributed by atoms with van der Waals surface area (Å²) in [6, 6.07) is 3.74. The Morgan fingerprint density at radius 1 is 1.55 bits per heavy atom. The van der Waals surface area contributed by atoms with Crippen LogP contribution >= 0.6 is 22.6 Å². The molecule has 0 aliphatic rings. The number of carbonyl (C=O) groups is 1. The van der Waals surface area contributed by atoms with E-state index in [-0.39, 0.29) is 3.91 Å². The van der Waals surface area contributed by atoms with Crippen LogP contribution in [0.2, 0.25) is 0 Å². The quantitative estimate of drug-likeness (QED) is 0.501. The highest BCUT2D eigenvalue weighted by atomic mass is 127. The first-order valence-electron chi connectivity index (χ1n) is 3.11. The SMILES string of the molecule is O=C(I)NCc1ccncc1. The van der Waals surface area contributed by atoms with E-state index in [1.807, 2.05) is 12.1 Å². The number of hydrogen-bond donors (Lipinski definition) is 1. The topological polar surface area (TPSA) is 42.0 Å². The molecule has 58 valence electrons. The normalized spacial score (nSPS) is 9.18. The Balaban J connectivity index is 2.45. The van der Waals surface area contributed by atoms with Gasteiger partial charge in [-0.3, -0.25) is 9.78 Å². The van der Waals surface area contributed by atoms with Crippen LogP contribution in [0.15, 0.2) is 24.5 Å². The first-order valence-corrected chi connectivity index (χ1v) is 4.19. The number of hydrogen-bond acceptors (Lipinski definition) is 2. The Morgan fingerprint density at radius 2 is 2.18 bits per heavy atom. The molecule has 4 heteroatoms. The van der Waals surface area contributed by atoms with Crippen LogP contribution in [0.25, 0.3) is 0 Å². The van der Waals surface area contributed by atoms with E-state index in [2.05, 4.69) is 10.3 Å². The van der Waals surface area contributed by atoms with Crippen molar-refractivity contribution < 1.29 is 4.79 Å². The average Bonchev–Trinajstić information content (AvgIpc) is 2.03. The van der Waals surface area contributed by atoms with Crippen LogP contribution in [0.3, 0.4) is 0 Å². The third kappa shape index (κ3) is 3.31. The van der Waals surface area contributed by atoms with Crippen LogP contribution in [-0.4, -0.2) is 8.90 Å². The van der Waals surface area contributed by atoms with Gasteiger partial charge in [-0.15, -0.1) is 0 Å². The van der Waals surface area contributed by atoms with Crippen LogP contribution in [0.1, 0.15) is 5.56 Å². The minimum atomic E-state index is -0.0422. The highest BCUT2D eigenvalue weighted by Gasteiger charge is 1.92. The first kappa shape index (κ1) is 8.45. The fraction of sp³-hybridized carbons (Fsp3) is 0.143. The lowest BCUT2D eigenvalue weighted by molar-refractivity contribution is 0.262. The number of amides is 1. The number of carbonyl (C=O) groups excluding carboxylic acids is 1. The zero-order valence-electron chi connectivity index (χ0n) is 5.75. The number of nitrogens with zero attached hydrogens (tertiary/aromatic N) is 1. The van der Waals surface area contributed by atoms with Gasteiger partial charge in [0.1, 0.15) is 0 Å². The predicted octanol–water partition coefficient (Wildman–Crippen LogP) is 1.73. The highest BCUT2D eigenvalue weighted by molar-refractivity contribution is 14.1. The summed E-state index contributed by atoms with van der Waals surface area (Å²) in [6.45, 7) is 0.574. The van der Waals surface area contributed by atoms with Crippen molar-refractivity contribution in [3.05, 3.63) is 30.1 Å². The van der Waals surface area contributed by atoms with Gasteiger partial charge >= 0.3 is 0 Å². The van der Waals surface area contributed by atoms with Crippen LogP contribution in [-0.2, 0) is 6.54 Å². The molecule has 0 spiro atoms. The molecule has 0 fully saturated rings. The van der Waals surface area contributed by atoms with Gasteiger partial charge in [-0.05, 0) is 17.7 Å². The standard InChI is InChI=1S/C7H7IN2O/c8-7(11)10-5-6-1-3-9-4-2-6/h1-4H,5H2,(H,10,11). The smallest absolute Gasteiger partial charge is 0.280 e. The molecule has 0 aliphatic heterocycles. The Hall–Kier alpha value is -0.650. The second-order valence-corrected chi connectivity index (χ2v) is 2.96. The number of aromatic nitrogens is 1. The van der Waals surface area contributed by atoms with Gasteiger partial charge in [-0.1, -0.05) is 0 Å². The minimum Gasteiger partial charge on any atom is -0.343 e. The average molecular weight is 262 g/mol. The molecule has 1 aromatic heterocycles. The molecule has 1 heterocycles. The van der Waals surface area contributed by atoms with E-state index >= 15 is 0 Å². The maximum Gasteiger partial charge on any atom is 0.280 e. The first-order chi connectivity index (χ1) is 5.29. The van der Waals surface area contributed by atoms with Crippen molar-refractivity contribution in [1.29, 1.82) is 0 Å². The van der Waals surface area contributed by atoms with Gasteiger partial charge < -0.3 is 5.32 Å². The third-order valence-electron chi connectivity index (χ3n) is 1.18. The van der Waals surface area contributed by atoms with Crippen molar-refractivity contribution in [3.63, 3.8) is 0 Å². The maximum atomic E-state index is 10.5. The fourth-order valence-corrected chi connectivity index (χ4v) is 0.863. The molecule has 1 rings (SSSR count). The van der Waals surface area contributed by atoms with Crippen molar-refractivity contribution in [2.24, 2.45) is 0 Å². The maximum absolute atomic E-state index is 10.5. The lowest BCUT2D eigenvalue weighted by Crippen LogP contribution is -2.14. The van der Waals surface area contributed by atoms with Crippen LogP contribution in [0, 0.1) is 0 Å². The van der Waals surface area contributed by atoms with E-state index in [0.29, 0.717) is 6.54 Å². The fourth-order valence-electron chi connectivity index (χ4n) is 0.672. The number of pyridine rings is 1. The number of nitrogens with one attached hydrogen (secondary N) is 1. The molecule has 3 nitrogen and oxygen atoms in total. The summed E-state index contributed by atoms with van der Waals surface area (Å²) in [4.78, 5) is 14.3. The summed E-state index contributed by atoms with van der Waals surface area (Å²) in [6.07, 6.45) is 3.41. The molecule has 0 radical (unpaired) electrons. The molecule has 0 bridgehead atoms. The molecule has 0 unspecified atom stereocenters. The van der Waals surface area contributed by atoms with Crippen LogP contribution in [0.4, 0.5) is 4.79 Å². The molecule has 1 amide bonds. The summed E-state index contributed by atoms with van der Waals surface area (Å²) in [5, 5.41) is 2.68. The molecule has 1 aromatic rings. The van der Waals surface area contributed by atoms with Gasteiger partial charge in [-0.25, -0.2) is 0 Å². The number of halogens is 1. The Bertz CT molecular complexity index is 237. The summed E-state index contributed by atoms with van der Waals surface area (Å²) < 4.78 is -0.0422. The number of rotatable bonds is 2. The van der Waals surface area contributed by atoms with Gasteiger partial charge in [0.2, 0.25) is 0 Å². The monoisotopic (exact) mass is 262 g/mol. The zero-order chi connectivity index (χ0) is 8.10. The van der Waals surface area contributed by atoms with Crippen molar-refractivity contribution >= 4 is 26.5 Å². The summed E-state index contributed by atoms with van der Waals surface area (Å²) in [5.74, 6) is 0. The van der Waals surface area contributed by atoms with Crippen molar-refractivity contribution in [3.8, 4) is 0 Å². The van der Waals surface area contributed by atoms with Gasteiger partial charge in [0.05, 0.1) is 0 Å². The molecule has 0 aromatic carbocycles. The Labute approximate surface area is 78.4 Å². The lowest BCUT2D eigenvalue weighted by atomic mass is 10.3. The largest absolute Gasteiger partial charge is 0.343 e. The summed E-state index contributed by atoms with van der Waals surface area (Å²) in [5.41, 5.74) is 1.06. The molecule has 0 saturated carbocycles. The molecule has 1 N–H and O–H groups in total. The van der Waals surface area contributed by atoms with Crippen molar-refractivity contribution in [2.75, 3.05) is 0 Å². The van der Waals surface area contributed by atoms with E-state index in [0.717, 1.165) is 5.56 Å².